The Balaban J connectivity index is 2.09. The molecule has 0 fully saturated rings. The monoisotopic (exact) mass is 638 g/mol. The molecule has 0 radical (unpaired) electrons. The average Bonchev–Trinajstić information content (AvgIpc) is 2.84. The smallest absolute Gasteiger partial charge is 0.282 e. The van der Waals surface area contributed by atoms with E-state index in [4.69, 9.17) is 0 Å². The summed E-state index contributed by atoms with van der Waals surface area (Å²) < 4.78 is 121. The van der Waals surface area contributed by atoms with E-state index in [1.54, 1.807) is 13.8 Å². The number of carbonyl (C=O) groups is 2. The van der Waals surface area contributed by atoms with Crippen LogP contribution in [0.25, 0.3) is 0 Å². The lowest BCUT2D eigenvalue weighted by molar-refractivity contribution is 0.0976. The van der Waals surface area contributed by atoms with Crippen molar-refractivity contribution in [1.29, 1.82) is 0 Å². The van der Waals surface area contributed by atoms with Gasteiger partial charge in [-0.05, 0) is 37.1 Å². The molecule has 0 bridgehead atoms. The van der Waals surface area contributed by atoms with Crippen molar-refractivity contribution in [3.8, 4) is 0 Å². The van der Waals surface area contributed by atoms with Crippen LogP contribution in [-0.4, -0.2) is 65.1 Å². The van der Waals surface area contributed by atoms with Crippen molar-refractivity contribution in [2.24, 2.45) is 0 Å². The summed E-state index contributed by atoms with van der Waals surface area (Å²) in [6, 6.07) is 5.88. The lowest BCUT2D eigenvalue weighted by atomic mass is 9.84. The number of sulfonamides is 2. The minimum atomic E-state index is -4.86. The topological polar surface area (TPSA) is 235 Å². The summed E-state index contributed by atoms with van der Waals surface area (Å²) in [5, 5.41) is -3.78. The van der Waals surface area contributed by atoms with Gasteiger partial charge in [0.15, 0.2) is 11.6 Å². The summed E-state index contributed by atoms with van der Waals surface area (Å²) in [5.41, 5.74) is -1.77. The van der Waals surface area contributed by atoms with E-state index in [1.165, 1.54) is 0 Å². The van der Waals surface area contributed by atoms with Crippen molar-refractivity contribution in [1.82, 2.24) is 9.44 Å². The molecule has 2 aromatic rings. The fourth-order valence-electron chi connectivity index (χ4n) is 4.07. The van der Waals surface area contributed by atoms with Gasteiger partial charge in [-0.15, -0.1) is 0 Å². The second kappa shape index (κ2) is 11.4. The molecule has 0 aromatic heterocycles. The zero-order chi connectivity index (χ0) is 30.3. The minimum absolute atomic E-state index is 0.175. The molecule has 18 heteroatoms. The maximum absolute atomic E-state index is 13.4. The lowest BCUT2D eigenvalue weighted by Gasteiger charge is -2.22. The molecule has 0 spiro atoms. The highest BCUT2D eigenvalue weighted by Gasteiger charge is 2.38. The van der Waals surface area contributed by atoms with Crippen LogP contribution in [0.2, 0.25) is 0 Å². The Hall–Kier alpha value is -2.58. The fraction of sp³-hybridized carbons (Fsp3) is 0.364. The first kappa shape index (κ1) is 31.9. The predicted molar refractivity (Wildman–Crippen MR) is 141 cm³/mol. The van der Waals surface area contributed by atoms with E-state index >= 15 is 0 Å². The molecule has 0 saturated carbocycles. The minimum Gasteiger partial charge on any atom is -0.289 e. The van der Waals surface area contributed by atoms with Crippen molar-refractivity contribution in [2.45, 2.75) is 60.1 Å². The summed E-state index contributed by atoms with van der Waals surface area (Å²) in [6.45, 7) is 3.11. The van der Waals surface area contributed by atoms with E-state index in [1.807, 2.05) is 9.44 Å². The molecule has 0 heterocycles. The van der Waals surface area contributed by atoms with Crippen LogP contribution >= 0.6 is 0 Å². The highest BCUT2D eigenvalue weighted by Crippen LogP contribution is 2.33. The second-order valence-electron chi connectivity index (χ2n) is 8.87. The van der Waals surface area contributed by atoms with Crippen LogP contribution in [0.3, 0.4) is 0 Å². The zero-order valence-corrected chi connectivity index (χ0v) is 24.3. The molecule has 0 amide bonds. The van der Waals surface area contributed by atoms with Gasteiger partial charge < -0.3 is 0 Å². The van der Waals surface area contributed by atoms with Crippen LogP contribution in [0.5, 0.6) is 0 Å². The molecular formula is C22H26N2O12S4. The van der Waals surface area contributed by atoms with Gasteiger partial charge >= 0.3 is 0 Å². The van der Waals surface area contributed by atoms with Crippen molar-refractivity contribution in [3.05, 3.63) is 58.7 Å². The highest BCUT2D eigenvalue weighted by atomic mass is 32.2. The number of rotatable bonds is 12. The average molecular weight is 639 g/mol. The predicted octanol–water partition coefficient (Wildman–Crippen LogP) is 1.05. The van der Waals surface area contributed by atoms with Crippen LogP contribution in [0, 0.1) is 0 Å². The summed E-state index contributed by atoms with van der Waals surface area (Å²) in [7, 11) is -19.1. The quantitative estimate of drug-likeness (QED) is 0.204. The van der Waals surface area contributed by atoms with E-state index in [-0.39, 0.29) is 31.2 Å². The Labute approximate surface area is 231 Å². The molecular weight excluding hydrogens is 613 g/mol. The van der Waals surface area contributed by atoms with Crippen LogP contribution in [0.1, 0.15) is 71.4 Å². The van der Waals surface area contributed by atoms with Crippen molar-refractivity contribution in [3.63, 3.8) is 0 Å². The standard InChI is InChI=1S/C22H26N2O12S4/c1-3-6-18(39(31,32)33)23-37(27,28)13-10-11-14-16(12-13)21(25)15-8-5-9-17(20(15)22(14)26)38(29,30)24-19(7-4-2)40(34,35)36/h5,8-12,18-19,23-24H,3-4,6-7H2,1-2H3,(H,31,32,33)(H,34,35,36). The van der Waals surface area contributed by atoms with E-state index in [0.29, 0.717) is 0 Å². The first-order valence-corrected chi connectivity index (χ1v) is 17.7. The molecule has 40 heavy (non-hydrogen) atoms. The van der Waals surface area contributed by atoms with Gasteiger partial charge in [-0.3, -0.25) is 18.7 Å². The largest absolute Gasteiger partial charge is 0.289 e. The van der Waals surface area contributed by atoms with E-state index in [9.17, 15) is 52.4 Å². The Kier molecular flexibility index (Phi) is 9.07. The molecule has 220 valence electrons. The van der Waals surface area contributed by atoms with Gasteiger partial charge in [-0.1, -0.05) is 38.8 Å². The highest BCUT2D eigenvalue weighted by molar-refractivity contribution is 7.92. The third-order valence-electron chi connectivity index (χ3n) is 5.97. The van der Waals surface area contributed by atoms with Crippen molar-refractivity contribution < 1.29 is 52.4 Å². The molecule has 2 aromatic carbocycles. The third-order valence-corrected chi connectivity index (χ3v) is 11.4. The van der Waals surface area contributed by atoms with Crippen LogP contribution in [-0.2, 0) is 40.3 Å². The summed E-state index contributed by atoms with van der Waals surface area (Å²) in [6.07, 6.45) is -0.167. The molecule has 2 unspecified atom stereocenters. The van der Waals surface area contributed by atoms with Gasteiger partial charge in [0.05, 0.1) is 15.4 Å². The Bertz CT molecular complexity index is 1800. The first-order chi connectivity index (χ1) is 18.3. The summed E-state index contributed by atoms with van der Waals surface area (Å²) in [4.78, 5) is 25.4. The Morgan fingerprint density at radius 3 is 1.70 bits per heavy atom. The van der Waals surface area contributed by atoms with Gasteiger partial charge in [0.25, 0.3) is 20.2 Å². The van der Waals surface area contributed by atoms with E-state index in [2.05, 4.69) is 0 Å². The molecule has 1 aliphatic carbocycles. The summed E-state index contributed by atoms with van der Waals surface area (Å²) >= 11 is 0. The number of hydrogen-bond acceptors (Lipinski definition) is 10. The number of carbonyl (C=O) groups excluding carboxylic acids is 2. The van der Waals surface area contributed by atoms with Gasteiger partial charge in [0.2, 0.25) is 20.0 Å². The zero-order valence-electron chi connectivity index (χ0n) is 21.1. The third kappa shape index (κ3) is 6.49. The van der Waals surface area contributed by atoms with Gasteiger partial charge in [0, 0.05) is 16.7 Å². The molecule has 14 nitrogen and oxygen atoms in total. The van der Waals surface area contributed by atoms with Gasteiger partial charge in [-0.25, -0.2) is 16.8 Å². The number of ketones is 2. The normalized spacial score (nSPS) is 15.8. The van der Waals surface area contributed by atoms with Gasteiger partial charge in [0.1, 0.15) is 10.7 Å². The molecule has 1 aliphatic rings. The van der Waals surface area contributed by atoms with E-state index < -0.39 is 89.1 Å². The molecule has 0 saturated heterocycles. The van der Waals surface area contributed by atoms with Crippen LogP contribution < -0.4 is 9.44 Å². The lowest BCUT2D eigenvalue weighted by Crippen LogP contribution is -2.41. The summed E-state index contributed by atoms with van der Waals surface area (Å²) in [5.74, 6) is -1.92. The molecule has 3 rings (SSSR count). The maximum Gasteiger partial charge on any atom is 0.282 e. The first-order valence-electron chi connectivity index (χ1n) is 11.7. The van der Waals surface area contributed by atoms with Gasteiger partial charge in [-0.2, -0.15) is 26.3 Å². The SMILES string of the molecule is CCCC(NS(=O)(=O)c1ccc2c(c1)C(=O)c1cccc(S(=O)(=O)NC(CCC)S(=O)(=O)O)c1C2=O)S(=O)(=O)O. The van der Waals surface area contributed by atoms with E-state index in [0.717, 1.165) is 36.4 Å². The van der Waals surface area contributed by atoms with Crippen molar-refractivity contribution >= 4 is 51.8 Å². The van der Waals surface area contributed by atoms with Crippen molar-refractivity contribution in [2.75, 3.05) is 0 Å². The number of benzene rings is 2. The molecule has 2 atom stereocenters. The maximum atomic E-state index is 13.4. The van der Waals surface area contributed by atoms with Crippen LogP contribution in [0.4, 0.5) is 0 Å². The molecule has 4 N–H and O–H groups in total. The number of hydrogen-bond donors (Lipinski definition) is 4. The second-order valence-corrected chi connectivity index (χ2v) is 15.5. The number of nitrogens with one attached hydrogen (secondary N) is 2. The molecule has 0 aliphatic heterocycles. The van der Waals surface area contributed by atoms with Crippen LogP contribution in [0.15, 0.2) is 46.2 Å². The fourth-order valence-corrected chi connectivity index (χ4v) is 9.31. The number of fused-ring (bicyclic) bond motifs is 2. The Morgan fingerprint density at radius 2 is 1.20 bits per heavy atom. The Morgan fingerprint density at radius 1 is 0.675 bits per heavy atom.